The summed E-state index contributed by atoms with van der Waals surface area (Å²) in [4.78, 5) is 12.2. The van der Waals surface area contributed by atoms with Gasteiger partial charge in [0.2, 0.25) is 5.91 Å². The number of benzene rings is 1. The van der Waals surface area contributed by atoms with Crippen LogP contribution >= 0.6 is 0 Å². The molecule has 18 heavy (non-hydrogen) atoms. The van der Waals surface area contributed by atoms with Gasteiger partial charge in [-0.05, 0) is 18.6 Å². The number of anilines is 2. The van der Waals surface area contributed by atoms with E-state index in [-0.39, 0.29) is 11.8 Å². The lowest BCUT2D eigenvalue weighted by atomic mass is 10.0. The molecule has 1 unspecified atom stereocenters. The maximum atomic E-state index is 12.2. The molecule has 5 nitrogen and oxygen atoms in total. The SMILES string of the molecule is Cc1cc(NC(=O)C2CNc3ccccc32)n[nH]1. The van der Waals surface area contributed by atoms with E-state index in [0.717, 1.165) is 16.9 Å². The third-order valence-corrected chi connectivity index (χ3v) is 3.11. The summed E-state index contributed by atoms with van der Waals surface area (Å²) in [6.45, 7) is 2.53. The van der Waals surface area contributed by atoms with Gasteiger partial charge in [-0.2, -0.15) is 5.10 Å². The van der Waals surface area contributed by atoms with Crippen LogP contribution in [-0.2, 0) is 4.79 Å². The van der Waals surface area contributed by atoms with Gasteiger partial charge < -0.3 is 10.6 Å². The van der Waals surface area contributed by atoms with E-state index >= 15 is 0 Å². The van der Waals surface area contributed by atoms with Crippen molar-refractivity contribution in [3.8, 4) is 0 Å². The van der Waals surface area contributed by atoms with Crippen LogP contribution in [0, 0.1) is 6.92 Å². The highest BCUT2D eigenvalue weighted by atomic mass is 16.2. The largest absolute Gasteiger partial charge is 0.384 e. The number of nitrogens with one attached hydrogen (secondary N) is 3. The lowest BCUT2D eigenvalue weighted by Gasteiger charge is -2.09. The van der Waals surface area contributed by atoms with Crippen LogP contribution in [0.3, 0.4) is 0 Å². The number of amides is 1. The number of para-hydroxylation sites is 1. The zero-order valence-electron chi connectivity index (χ0n) is 10.0. The quantitative estimate of drug-likeness (QED) is 0.753. The number of hydrogen-bond acceptors (Lipinski definition) is 3. The molecular weight excluding hydrogens is 228 g/mol. The van der Waals surface area contributed by atoms with Gasteiger partial charge in [0.15, 0.2) is 5.82 Å². The molecule has 0 saturated heterocycles. The first-order valence-corrected chi connectivity index (χ1v) is 5.90. The number of carbonyl (C=O) groups is 1. The summed E-state index contributed by atoms with van der Waals surface area (Å²) in [6, 6.07) is 9.69. The van der Waals surface area contributed by atoms with Crippen LogP contribution in [0.15, 0.2) is 30.3 Å². The van der Waals surface area contributed by atoms with Crippen LogP contribution in [0.4, 0.5) is 11.5 Å². The van der Waals surface area contributed by atoms with E-state index in [0.29, 0.717) is 12.4 Å². The summed E-state index contributed by atoms with van der Waals surface area (Å²) in [5.41, 5.74) is 3.01. The second kappa shape index (κ2) is 4.18. The van der Waals surface area contributed by atoms with Crippen LogP contribution in [0.5, 0.6) is 0 Å². The number of fused-ring (bicyclic) bond motifs is 1. The predicted octanol–water partition coefficient (Wildman–Crippen LogP) is 1.87. The molecule has 0 aliphatic carbocycles. The van der Waals surface area contributed by atoms with Crippen molar-refractivity contribution in [2.75, 3.05) is 17.2 Å². The predicted molar refractivity (Wildman–Crippen MR) is 69.6 cm³/mol. The maximum absolute atomic E-state index is 12.2. The van der Waals surface area contributed by atoms with Crippen LogP contribution in [0.1, 0.15) is 17.2 Å². The van der Waals surface area contributed by atoms with Gasteiger partial charge in [-0.15, -0.1) is 0 Å². The highest BCUT2D eigenvalue weighted by Crippen LogP contribution is 2.31. The normalized spacial score (nSPS) is 17.1. The Morgan fingerprint density at radius 3 is 3.06 bits per heavy atom. The number of aromatic nitrogens is 2. The van der Waals surface area contributed by atoms with E-state index < -0.39 is 0 Å². The van der Waals surface area contributed by atoms with Crippen molar-refractivity contribution >= 4 is 17.4 Å². The summed E-state index contributed by atoms with van der Waals surface area (Å²) < 4.78 is 0. The van der Waals surface area contributed by atoms with Crippen LogP contribution in [-0.4, -0.2) is 22.6 Å². The maximum Gasteiger partial charge on any atom is 0.234 e. The molecule has 1 atom stereocenters. The van der Waals surface area contributed by atoms with E-state index in [4.69, 9.17) is 0 Å². The van der Waals surface area contributed by atoms with Crippen molar-refractivity contribution in [1.29, 1.82) is 0 Å². The second-order valence-electron chi connectivity index (χ2n) is 4.45. The third-order valence-electron chi connectivity index (χ3n) is 3.11. The van der Waals surface area contributed by atoms with E-state index in [1.807, 2.05) is 37.3 Å². The van der Waals surface area contributed by atoms with E-state index in [1.54, 1.807) is 0 Å². The number of carbonyl (C=O) groups excluding carboxylic acids is 1. The van der Waals surface area contributed by atoms with Gasteiger partial charge >= 0.3 is 0 Å². The molecule has 3 rings (SSSR count). The zero-order valence-corrected chi connectivity index (χ0v) is 10.0. The molecule has 0 bridgehead atoms. The Morgan fingerprint density at radius 2 is 2.28 bits per heavy atom. The second-order valence-corrected chi connectivity index (χ2v) is 4.45. The van der Waals surface area contributed by atoms with Crippen molar-refractivity contribution in [3.05, 3.63) is 41.6 Å². The molecule has 1 aliphatic heterocycles. The molecule has 1 aromatic heterocycles. The fraction of sp³-hybridized carbons (Fsp3) is 0.231. The molecule has 1 amide bonds. The van der Waals surface area contributed by atoms with Crippen molar-refractivity contribution in [3.63, 3.8) is 0 Å². The Labute approximate surface area is 105 Å². The van der Waals surface area contributed by atoms with E-state index in [9.17, 15) is 4.79 Å². The first-order chi connectivity index (χ1) is 8.74. The van der Waals surface area contributed by atoms with Gasteiger partial charge in [-0.25, -0.2) is 0 Å². The highest BCUT2D eigenvalue weighted by Gasteiger charge is 2.28. The lowest BCUT2D eigenvalue weighted by Crippen LogP contribution is -2.22. The van der Waals surface area contributed by atoms with Gasteiger partial charge in [0.05, 0.1) is 5.92 Å². The van der Waals surface area contributed by atoms with Crippen LogP contribution < -0.4 is 10.6 Å². The van der Waals surface area contributed by atoms with Crippen molar-refractivity contribution in [2.45, 2.75) is 12.8 Å². The van der Waals surface area contributed by atoms with Gasteiger partial charge in [-0.3, -0.25) is 9.89 Å². The third kappa shape index (κ3) is 1.84. The van der Waals surface area contributed by atoms with E-state index in [1.165, 1.54) is 0 Å². The molecule has 2 aromatic rings. The first kappa shape index (κ1) is 10.8. The van der Waals surface area contributed by atoms with Gasteiger partial charge in [0.1, 0.15) is 0 Å². The van der Waals surface area contributed by atoms with Gasteiger partial charge in [-0.1, -0.05) is 18.2 Å². The van der Waals surface area contributed by atoms with Crippen molar-refractivity contribution < 1.29 is 4.79 Å². The van der Waals surface area contributed by atoms with E-state index in [2.05, 4.69) is 20.8 Å². The lowest BCUT2D eigenvalue weighted by molar-refractivity contribution is -0.117. The highest BCUT2D eigenvalue weighted by molar-refractivity contribution is 5.97. The van der Waals surface area contributed by atoms with Gasteiger partial charge in [0, 0.05) is 24.0 Å². The molecule has 0 fully saturated rings. The zero-order chi connectivity index (χ0) is 12.5. The number of H-pyrrole nitrogens is 1. The average molecular weight is 242 g/mol. The summed E-state index contributed by atoms with van der Waals surface area (Å²) in [5, 5.41) is 12.9. The average Bonchev–Trinajstić information content (AvgIpc) is 2.95. The summed E-state index contributed by atoms with van der Waals surface area (Å²) in [7, 11) is 0. The minimum absolute atomic E-state index is 0.0287. The summed E-state index contributed by atoms with van der Waals surface area (Å²) >= 11 is 0. The fourth-order valence-electron chi connectivity index (χ4n) is 2.21. The molecule has 0 radical (unpaired) electrons. The van der Waals surface area contributed by atoms with Crippen LogP contribution in [0.25, 0.3) is 0 Å². The Morgan fingerprint density at radius 1 is 1.44 bits per heavy atom. The monoisotopic (exact) mass is 242 g/mol. The number of hydrogen-bond donors (Lipinski definition) is 3. The molecule has 1 aromatic carbocycles. The number of nitrogens with zero attached hydrogens (tertiary/aromatic N) is 1. The minimum atomic E-state index is -0.154. The Kier molecular flexibility index (Phi) is 2.51. The fourth-order valence-corrected chi connectivity index (χ4v) is 2.21. The summed E-state index contributed by atoms with van der Waals surface area (Å²) in [6.07, 6.45) is 0. The molecule has 92 valence electrons. The molecule has 0 saturated carbocycles. The molecular formula is C13H14N4O. The van der Waals surface area contributed by atoms with Crippen molar-refractivity contribution in [2.24, 2.45) is 0 Å². The molecule has 2 heterocycles. The van der Waals surface area contributed by atoms with Gasteiger partial charge in [0.25, 0.3) is 0 Å². The summed E-state index contributed by atoms with van der Waals surface area (Å²) in [5.74, 6) is 0.388. The number of aromatic amines is 1. The van der Waals surface area contributed by atoms with Crippen LogP contribution in [0.2, 0.25) is 0 Å². The molecule has 3 N–H and O–H groups in total. The Hall–Kier alpha value is -2.30. The standard InChI is InChI=1S/C13H14N4O/c1-8-6-12(17-16-8)15-13(18)10-7-14-11-5-3-2-4-9(10)11/h2-6,10,14H,7H2,1H3,(H2,15,16,17,18). The topological polar surface area (TPSA) is 69.8 Å². The Balaban J connectivity index is 1.78. The number of aryl methyl sites for hydroxylation is 1. The first-order valence-electron chi connectivity index (χ1n) is 5.90. The van der Waals surface area contributed by atoms with Crippen molar-refractivity contribution in [1.82, 2.24) is 10.2 Å². The molecule has 0 spiro atoms. The Bertz CT molecular complexity index is 590. The minimum Gasteiger partial charge on any atom is -0.384 e. The molecule has 5 heteroatoms. The molecule has 1 aliphatic rings. The smallest absolute Gasteiger partial charge is 0.234 e. The number of rotatable bonds is 2.